The summed E-state index contributed by atoms with van der Waals surface area (Å²) in [6, 6.07) is 48.2. The Morgan fingerprint density at radius 1 is 0.356 bits per heavy atom. The highest BCUT2D eigenvalue weighted by atomic mass is 19.4. The largest absolute Gasteiger partial charge is 0.456 e. The molecule has 0 unspecified atom stereocenters. The summed E-state index contributed by atoms with van der Waals surface area (Å²) >= 11 is 0. The maximum Gasteiger partial charge on any atom is 0.416 e. The number of furan rings is 2. The van der Waals surface area contributed by atoms with Crippen molar-refractivity contribution in [1.82, 2.24) is 0 Å². The molecule has 0 spiro atoms. The summed E-state index contributed by atoms with van der Waals surface area (Å²) in [7, 11) is 0. The molecule has 0 fully saturated rings. The molecule has 220 valence electrons. The van der Waals surface area contributed by atoms with Crippen molar-refractivity contribution in [3.63, 3.8) is 0 Å². The maximum absolute atomic E-state index is 13.4. The van der Waals surface area contributed by atoms with Crippen molar-refractivity contribution in [2.75, 3.05) is 4.90 Å². The van der Waals surface area contributed by atoms with Crippen LogP contribution in [-0.2, 0) is 6.18 Å². The molecule has 0 atom stereocenters. The van der Waals surface area contributed by atoms with Gasteiger partial charge in [-0.1, -0.05) is 60.7 Å². The average Bonchev–Trinajstić information content (AvgIpc) is 3.78. The van der Waals surface area contributed by atoms with E-state index in [2.05, 4.69) is 0 Å². The van der Waals surface area contributed by atoms with Crippen molar-refractivity contribution < 1.29 is 22.0 Å². The van der Waals surface area contributed by atoms with Crippen molar-refractivity contribution in [2.24, 2.45) is 0 Å². The van der Waals surface area contributed by atoms with Crippen LogP contribution in [0.15, 0.2) is 167 Å². The van der Waals surface area contributed by atoms with Gasteiger partial charge in [-0.2, -0.15) is 13.2 Å². The van der Waals surface area contributed by atoms with Gasteiger partial charge in [0.2, 0.25) is 0 Å². The van der Waals surface area contributed by atoms with Crippen molar-refractivity contribution in [3.05, 3.63) is 163 Å². The zero-order valence-corrected chi connectivity index (χ0v) is 23.9. The summed E-state index contributed by atoms with van der Waals surface area (Å²) in [5, 5.41) is 0. The lowest BCUT2D eigenvalue weighted by molar-refractivity contribution is -0.137. The van der Waals surface area contributed by atoms with Gasteiger partial charge < -0.3 is 13.7 Å². The van der Waals surface area contributed by atoms with E-state index in [0.29, 0.717) is 5.69 Å². The van der Waals surface area contributed by atoms with Crippen molar-refractivity contribution in [1.29, 1.82) is 0 Å². The van der Waals surface area contributed by atoms with Crippen LogP contribution in [0.3, 0.4) is 0 Å². The Morgan fingerprint density at radius 2 is 0.667 bits per heavy atom. The second-order valence-electron chi connectivity index (χ2n) is 10.5. The van der Waals surface area contributed by atoms with E-state index < -0.39 is 11.7 Å². The van der Waals surface area contributed by atoms with Crippen molar-refractivity contribution in [2.45, 2.75) is 6.18 Å². The number of anilines is 3. The van der Waals surface area contributed by atoms with Crippen LogP contribution >= 0.6 is 0 Å². The van der Waals surface area contributed by atoms with Crippen LogP contribution in [0.2, 0.25) is 0 Å². The first-order valence-corrected chi connectivity index (χ1v) is 14.4. The molecule has 2 aromatic heterocycles. The van der Waals surface area contributed by atoms with Gasteiger partial charge in [-0.25, -0.2) is 0 Å². The third-order valence-electron chi connectivity index (χ3n) is 7.60. The van der Waals surface area contributed by atoms with Crippen LogP contribution in [-0.4, -0.2) is 0 Å². The Hall–Kier alpha value is -5.75. The van der Waals surface area contributed by atoms with Crippen LogP contribution < -0.4 is 4.90 Å². The van der Waals surface area contributed by atoms with Crippen LogP contribution in [0, 0.1) is 0 Å². The van der Waals surface area contributed by atoms with Gasteiger partial charge in [-0.05, 0) is 97.1 Å². The Kier molecular flexibility index (Phi) is 7.31. The summed E-state index contributed by atoms with van der Waals surface area (Å²) in [4.78, 5) is 1.92. The molecule has 0 saturated carbocycles. The van der Waals surface area contributed by atoms with Gasteiger partial charge in [0.05, 0.1) is 5.56 Å². The summed E-state index contributed by atoms with van der Waals surface area (Å²) in [6.45, 7) is 0. The molecule has 0 bridgehead atoms. The summed E-state index contributed by atoms with van der Waals surface area (Å²) in [5.41, 5.74) is 5.21. The second kappa shape index (κ2) is 11.7. The first kappa shape index (κ1) is 28.0. The van der Waals surface area contributed by atoms with E-state index in [4.69, 9.17) is 8.83 Å². The third kappa shape index (κ3) is 5.91. The molecule has 0 radical (unpaired) electrons. The van der Waals surface area contributed by atoms with E-state index in [1.54, 1.807) is 0 Å². The molecule has 5 aromatic carbocycles. The van der Waals surface area contributed by atoms with Gasteiger partial charge in [-0.3, -0.25) is 0 Å². The van der Waals surface area contributed by atoms with E-state index in [9.17, 15) is 13.2 Å². The highest BCUT2D eigenvalue weighted by Crippen LogP contribution is 2.39. The van der Waals surface area contributed by atoms with Crippen LogP contribution in [0.1, 0.15) is 5.56 Å². The van der Waals surface area contributed by atoms with Crippen LogP contribution in [0.4, 0.5) is 30.2 Å². The normalized spacial score (nSPS) is 11.4. The molecule has 45 heavy (non-hydrogen) atoms. The number of rotatable bonds is 7. The number of hydrogen-bond acceptors (Lipinski definition) is 3. The lowest BCUT2D eigenvalue weighted by Crippen LogP contribution is -2.11. The molecule has 0 aliphatic rings. The first-order chi connectivity index (χ1) is 21.9. The molecule has 0 N–H and O–H groups in total. The Labute approximate surface area is 258 Å². The minimum atomic E-state index is -4.42. The van der Waals surface area contributed by atoms with Crippen LogP contribution in [0.25, 0.3) is 45.3 Å². The Balaban J connectivity index is 1.21. The Bertz CT molecular complexity index is 1890. The number of alkyl halides is 3. The van der Waals surface area contributed by atoms with Gasteiger partial charge in [-0.15, -0.1) is 0 Å². The minimum Gasteiger partial charge on any atom is -0.456 e. The predicted octanol–water partition coefficient (Wildman–Crippen LogP) is 12.0. The van der Waals surface area contributed by atoms with Gasteiger partial charge >= 0.3 is 6.18 Å². The monoisotopic (exact) mass is 597 g/mol. The molecule has 0 saturated heterocycles. The zero-order chi connectivity index (χ0) is 30.8. The van der Waals surface area contributed by atoms with Gasteiger partial charge in [0.25, 0.3) is 0 Å². The Morgan fingerprint density at radius 3 is 1.00 bits per heavy atom. The molecular weight excluding hydrogens is 571 g/mol. The second-order valence-corrected chi connectivity index (χ2v) is 10.5. The molecule has 0 aliphatic heterocycles. The fraction of sp³-hybridized carbons (Fsp3) is 0.0256. The van der Waals surface area contributed by atoms with E-state index in [1.807, 2.05) is 138 Å². The number of benzene rings is 5. The fourth-order valence-corrected chi connectivity index (χ4v) is 5.30. The van der Waals surface area contributed by atoms with Crippen LogP contribution in [0.5, 0.6) is 0 Å². The number of nitrogens with zero attached hydrogens (tertiary/aromatic N) is 1. The van der Waals surface area contributed by atoms with E-state index in [0.717, 1.165) is 68.8 Å². The minimum absolute atomic E-state index is 0.595. The lowest BCUT2D eigenvalue weighted by atomic mass is 10.1. The van der Waals surface area contributed by atoms with E-state index in [1.165, 1.54) is 12.1 Å². The standard InChI is InChI=1S/C39H26F3NO2/c40-39(41,42)31-15-21-34(22-16-31)43(32-17-11-29(12-18-32)37-25-23-35(44-37)27-7-3-1-4-8-27)33-19-13-30(14-20-33)38-26-24-36(45-38)28-9-5-2-6-10-28/h1-26H. The van der Waals surface area contributed by atoms with E-state index in [-0.39, 0.29) is 0 Å². The predicted molar refractivity (Wildman–Crippen MR) is 172 cm³/mol. The van der Waals surface area contributed by atoms with Crippen molar-refractivity contribution in [3.8, 4) is 45.3 Å². The zero-order valence-electron chi connectivity index (χ0n) is 23.9. The maximum atomic E-state index is 13.4. The summed E-state index contributed by atoms with van der Waals surface area (Å²) < 4.78 is 52.4. The quantitative estimate of drug-likeness (QED) is 0.183. The molecule has 0 aliphatic carbocycles. The van der Waals surface area contributed by atoms with Crippen molar-refractivity contribution >= 4 is 17.1 Å². The van der Waals surface area contributed by atoms with Gasteiger partial charge in [0.1, 0.15) is 23.0 Å². The molecule has 0 amide bonds. The number of hydrogen-bond donors (Lipinski definition) is 0. The molecule has 2 heterocycles. The fourth-order valence-electron chi connectivity index (χ4n) is 5.30. The highest BCUT2D eigenvalue weighted by molar-refractivity contribution is 5.79. The SMILES string of the molecule is FC(F)(F)c1ccc(N(c2ccc(-c3ccc(-c4ccccc4)o3)cc2)c2ccc(-c3ccc(-c4ccccc4)o3)cc2)cc1. The molecule has 3 nitrogen and oxygen atoms in total. The molecule has 6 heteroatoms. The number of halogens is 3. The molecular formula is C39H26F3NO2. The average molecular weight is 598 g/mol. The summed E-state index contributed by atoms with van der Waals surface area (Å²) in [5.74, 6) is 2.99. The van der Waals surface area contributed by atoms with E-state index >= 15 is 0 Å². The summed E-state index contributed by atoms with van der Waals surface area (Å²) in [6.07, 6.45) is -4.42. The van der Waals surface area contributed by atoms with Gasteiger partial charge in [0, 0.05) is 39.3 Å². The highest BCUT2D eigenvalue weighted by Gasteiger charge is 2.30. The smallest absolute Gasteiger partial charge is 0.416 e. The molecule has 7 rings (SSSR count). The lowest BCUT2D eigenvalue weighted by Gasteiger charge is -2.26. The van der Waals surface area contributed by atoms with Gasteiger partial charge in [0.15, 0.2) is 0 Å². The topological polar surface area (TPSA) is 29.5 Å². The first-order valence-electron chi connectivity index (χ1n) is 14.4. The third-order valence-corrected chi connectivity index (χ3v) is 7.60. The molecule has 7 aromatic rings.